The number of nitrogens with zero attached hydrogens (tertiary/aromatic N) is 4. The maximum atomic E-state index is 13.1. The van der Waals surface area contributed by atoms with Gasteiger partial charge in [-0.05, 0) is 36.9 Å². The van der Waals surface area contributed by atoms with Gasteiger partial charge in [0, 0.05) is 11.9 Å². The summed E-state index contributed by atoms with van der Waals surface area (Å²) in [6.45, 7) is 4.66. The van der Waals surface area contributed by atoms with Crippen LogP contribution in [0.5, 0.6) is 0 Å². The molecule has 1 heterocycles. The quantitative estimate of drug-likeness (QED) is 0.432. The van der Waals surface area contributed by atoms with Crippen LogP contribution in [0.2, 0.25) is 0 Å². The Kier molecular flexibility index (Phi) is 5.62. The third-order valence-corrected chi connectivity index (χ3v) is 5.82. The normalized spacial score (nSPS) is 11.0. The second kappa shape index (κ2) is 8.49. The Balaban J connectivity index is 1.56. The number of aromatic nitrogens is 3. The van der Waals surface area contributed by atoms with Crippen LogP contribution < -0.4 is 4.90 Å². The fraction of sp³-hybridized carbons (Fsp3) is 0.174. The summed E-state index contributed by atoms with van der Waals surface area (Å²) in [6.07, 6.45) is 1.69. The maximum Gasteiger partial charge on any atom is 0.237 e. The van der Waals surface area contributed by atoms with Crippen molar-refractivity contribution in [3.05, 3.63) is 78.6 Å². The smallest absolute Gasteiger partial charge is 0.237 e. The molecule has 0 bridgehead atoms. The van der Waals surface area contributed by atoms with E-state index < -0.39 is 0 Å². The minimum Gasteiger partial charge on any atom is -0.311 e. The van der Waals surface area contributed by atoms with Crippen molar-refractivity contribution in [1.82, 2.24) is 14.8 Å². The van der Waals surface area contributed by atoms with E-state index >= 15 is 0 Å². The molecular formula is C23H22N4OS. The first kappa shape index (κ1) is 19.2. The fourth-order valence-electron chi connectivity index (χ4n) is 3.45. The van der Waals surface area contributed by atoms with Gasteiger partial charge in [0.25, 0.3) is 0 Å². The number of benzene rings is 3. The minimum atomic E-state index is 0.0492. The van der Waals surface area contributed by atoms with Crippen LogP contribution in [0.3, 0.4) is 0 Å². The first-order chi connectivity index (χ1) is 14.2. The van der Waals surface area contributed by atoms with E-state index in [-0.39, 0.29) is 5.91 Å². The number of hydrogen-bond donors (Lipinski definition) is 0. The Labute approximate surface area is 174 Å². The summed E-state index contributed by atoms with van der Waals surface area (Å²) in [5, 5.41) is 11.2. The van der Waals surface area contributed by atoms with Gasteiger partial charge in [-0.1, -0.05) is 66.4 Å². The Morgan fingerprint density at radius 1 is 1.03 bits per heavy atom. The summed E-state index contributed by atoms with van der Waals surface area (Å²) in [4.78, 5) is 14.9. The maximum absolute atomic E-state index is 13.1. The molecule has 0 saturated heterocycles. The monoisotopic (exact) mass is 402 g/mol. The Morgan fingerprint density at radius 2 is 1.79 bits per heavy atom. The van der Waals surface area contributed by atoms with E-state index in [1.54, 1.807) is 6.33 Å². The molecule has 0 saturated carbocycles. The summed E-state index contributed by atoms with van der Waals surface area (Å²) >= 11 is 1.41. The third kappa shape index (κ3) is 3.89. The molecule has 3 aromatic carbocycles. The van der Waals surface area contributed by atoms with Gasteiger partial charge in [-0.15, -0.1) is 10.2 Å². The van der Waals surface area contributed by atoms with E-state index in [9.17, 15) is 4.79 Å². The fourth-order valence-corrected chi connectivity index (χ4v) is 4.25. The molecule has 5 nitrogen and oxygen atoms in total. The van der Waals surface area contributed by atoms with Gasteiger partial charge in [0.15, 0.2) is 5.16 Å². The lowest BCUT2D eigenvalue weighted by atomic mass is 10.1. The highest BCUT2D eigenvalue weighted by atomic mass is 32.2. The molecule has 146 valence electrons. The summed E-state index contributed by atoms with van der Waals surface area (Å²) in [6, 6.07) is 22.3. The minimum absolute atomic E-state index is 0.0492. The molecule has 4 aromatic rings. The number of para-hydroxylation sites is 1. The zero-order valence-electron chi connectivity index (χ0n) is 16.4. The number of hydrogen-bond acceptors (Lipinski definition) is 4. The van der Waals surface area contributed by atoms with Crippen molar-refractivity contribution in [3.8, 4) is 5.69 Å². The van der Waals surface area contributed by atoms with Crippen molar-refractivity contribution in [1.29, 1.82) is 0 Å². The van der Waals surface area contributed by atoms with Crippen LogP contribution >= 0.6 is 11.8 Å². The van der Waals surface area contributed by atoms with Gasteiger partial charge in [0.1, 0.15) is 6.33 Å². The zero-order valence-corrected chi connectivity index (χ0v) is 17.3. The lowest BCUT2D eigenvalue weighted by molar-refractivity contribution is -0.116. The van der Waals surface area contributed by atoms with Crippen molar-refractivity contribution in [3.63, 3.8) is 0 Å². The highest BCUT2D eigenvalue weighted by Crippen LogP contribution is 2.28. The number of anilines is 1. The van der Waals surface area contributed by atoms with Gasteiger partial charge < -0.3 is 4.90 Å². The molecule has 1 amide bonds. The van der Waals surface area contributed by atoms with Gasteiger partial charge >= 0.3 is 0 Å². The van der Waals surface area contributed by atoms with Crippen molar-refractivity contribution in [2.75, 3.05) is 17.2 Å². The molecule has 0 aliphatic heterocycles. The zero-order chi connectivity index (χ0) is 20.2. The summed E-state index contributed by atoms with van der Waals surface area (Å²) in [5.74, 6) is 0.343. The number of aryl methyl sites for hydroxylation is 1. The largest absolute Gasteiger partial charge is 0.311 e. The molecule has 0 unspecified atom stereocenters. The lowest BCUT2D eigenvalue weighted by Gasteiger charge is -2.22. The second-order valence-electron chi connectivity index (χ2n) is 6.69. The van der Waals surface area contributed by atoms with Crippen LogP contribution in [0.25, 0.3) is 16.5 Å². The number of rotatable bonds is 6. The summed E-state index contributed by atoms with van der Waals surface area (Å²) in [7, 11) is 0. The van der Waals surface area contributed by atoms with E-state index in [1.165, 1.54) is 11.8 Å². The first-order valence-corrected chi connectivity index (χ1v) is 10.5. The topological polar surface area (TPSA) is 51.0 Å². The van der Waals surface area contributed by atoms with Gasteiger partial charge in [-0.3, -0.25) is 9.36 Å². The number of fused-ring (bicyclic) bond motifs is 1. The predicted molar refractivity (Wildman–Crippen MR) is 119 cm³/mol. The molecule has 0 aliphatic rings. The van der Waals surface area contributed by atoms with Crippen LogP contribution in [0.15, 0.2) is 78.2 Å². The molecule has 0 spiro atoms. The molecule has 0 aliphatic carbocycles. The van der Waals surface area contributed by atoms with Crippen molar-refractivity contribution in [2.24, 2.45) is 0 Å². The molecule has 6 heteroatoms. The van der Waals surface area contributed by atoms with E-state index in [4.69, 9.17) is 0 Å². The van der Waals surface area contributed by atoms with Gasteiger partial charge in [0.05, 0.1) is 17.1 Å². The SMILES string of the molecule is CCN(C(=O)CSc1nncn1-c1ccccc1C)c1cccc2ccccc12. The van der Waals surface area contributed by atoms with Crippen molar-refractivity contribution < 1.29 is 4.79 Å². The number of thioether (sulfide) groups is 1. The van der Waals surface area contributed by atoms with E-state index in [0.717, 1.165) is 27.7 Å². The summed E-state index contributed by atoms with van der Waals surface area (Å²) < 4.78 is 1.93. The van der Waals surface area contributed by atoms with Crippen LogP contribution in [0.1, 0.15) is 12.5 Å². The average molecular weight is 403 g/mol. The molecular weight excluding hydrogens is 380 g/mol. The molecule has 0 atom stereocenters. The predicted octanol–water partition coefficient (Wildman–Crippen LogP) is 4.87. The molecule has 0 radical (unpaired) electrons. The lowest BCUT2D eigenvalue weighted by Crippen LogP contribution is -2.32. The van der Waals surface area contributed by atoms with Crippen LogP contribution in [-0.2, 0) is 4.79 Å². The van der Waals surface area contributed by atoms with Crippen molar-refractivity contribution in [2.45, 2.75) is 19.0 Å². The van der Waals surface area contributed by atoms with E-state index in [1.807, 2.05) is 71.8 Å². The van der Waals surface area contributed by atoms with Gasteiger partial charge in [-0.2, -0.15) is 0 Å². The second-order valence-corrected chi connectivity index (χ2v) is 7.64. The highest BCUT2D eigenvalue weighted by molar-refractivity contribution is 7.99. The highest BCUT2D eigenvalue weighted by Gasteiger charge is 2.18. The first-order valence-electron chi connectivity index (χ1n) is 9.56. The van der Waals surface area contributed by atoms with Crippen LogP contribution in [-0.4, -0.2) is 33.0 Å². The van der Waals surface area contributed by atoms with E-state index in [2.05, 4.69) is 28.4 Å². The molecule has 4 rings (SSSR count). The van der Waals surface area contributed by atoms with Crippen LogP contribution in [0, 0.1) is 6.92 Å². The molecule has 0 N–H and O–H groups in total. The Bertz CT molecular complexity index is 1150. The van der Waals surface area contributed by atoms with E-state index in [0.29, 0.717) is 17.5 Å². The molecule has 1 aromatic heterocycles. The summed E-state index contributed by atoms with van der Waals surface area (Å²) in [5.41, 5.74) is 3.09. The Hall–Kier alpha value is -3.12. The van der Waals surface area contributed by atoms with Crippen LogP contribution in [0.4, 0.5) is 5.69 Å². The number of carbonyl (C=O) groups is 1. The average Bonchev–Trinajstić information content (AvgIpc) is 3.21. The molecule has 29 heavy (non-hydrogen) atoms. The third-order valence-electron chi connectivity index (χ3n) is 4.89. The standard InChI is InChI=1S/C23H22N4OS/c1-3-26(21-14-8-11-18-10-5-6-12-19(18)21)22(28)15-29-23-25-24-16-27(23)20-13-7-4-9-17(20)2/h4-14,16H,3,15H2,1-2H3. The molecule has 0 fully saturated rings. The van der Waals surface area contributed by atoms with Gasteiger partial charge in [0.2, 0.25) is 5.91 Å². The van der Waals surface area contributed by atoms with Gasteiger partial charge in [-0.25, -0.2) is 0 Å². The number of amides is 1. The Morgan fingerprint density at radius 3 is 2.62 bits per heavy atom. The number of carbonyl (C=O) groups excluding carboxylic acids is 1. The van der Waals surface area contributed by atoms with Crippen molar-refractivity contribution >= 4 is 34.1 Å².